The number of carbonyl (C=O) groups excluding carboxylic acids is 1. The Bertz CT molecular complexity index is 581. The maximum atomic E-state index is 12.0. The Kier molecular flexibility index (Phi) is 4.47. The second kappa shape index (κ2) is 6.29. The molecule has 0 aliphatic heterocycles. The van der Waals surface area contributed by atoms with Gasteiger partial charge in [0, 0.05) is 19.5 Å². The van der Waals surface area contributed by atoms with Crippen LogP contribution in [0.5, 0.6) is 0 Å². The molecule has 0 aliphatic rings. The SMILES string of the molecule is CCOC(=O)c1cnn(-c2ccncc2)c1[C@H](C)OC. The van der Waals surface area contributed by atoms with Gasteiger partial charge in [0.25, 0.3) is 0 Å². The number of nitrogens with zero attached hydrogens (tertiary/aromatic N) is 3. The summed E-state index contributed by atoms with van der Waals surface area (Å²) < 4.78 is 12.1. The van der Waals surface area contributed by atoms with Crippen LogP contribution in [-0.4, -0.2) is 34.5 Å². The molecule has 2 heterocycles. The van der Waals surface area contributed by atoms with Crippen molar-refractivity contribution in [2.24, 2.45) is 0 Å². The Balaban J connectivity index is 2.51. The molecule has 0 bridgehead atoms. The number of methoxy groups -OCH3 is 1. The zero-order chi connectivity index (χ0) is 14.5. The summed E-state index contributed by atoms with van der Waals surface area (Å²) in [4.78, 5) is 16.0. The molecule has 0 radical (unpaired) electrons. The fraction of sp³-hybridized carbons (Fsp3) is 0.357. The van der Waals surface area contributed by atoms with Gasteiger partial charge in [-0.25, -0.2) is 9.48 Å². The molecule has 20 heavy (non-hydrogen) atoms. The largest absolute Gasteiger partial charge is 0.462 e. The Morgan fingerprint density at radius 2 is 2.10 bits per heavy atom. The molecule has 2 aromatic rings. The lowest BCUT2D eigenvalue weighted by Gasteiger charge is -2.14. The summed E-state index contributed by atoms with van der Waals surface area (Å²) in [6, 6.07) is 3.63. The van der Waals surface area contributed by atoms with Gasteiger partial charge in [-0.15, -0.1) is 0 Å². The van der Waals surface area contributed by atoms with Crippen LogP contribution in [0, 0.1) is 0 Å². The monoisotopic (exact) mass is 275 g/mol. The van der Waals surface area contributed by atoms with Gasteiger partial charge in [-0.1, -0.05) is 0 Å². The molecule has 2 rings (SSSR count). The van der Waals surface area contributed by atoms with Crippen LogP contribution >= 0.6 is 0 Å². The molecule has 0 fully saturated rings. The number of carbonyl (C=O) groups is 1. The molecule has 0 N–H and O–H groups in total. The Hall–Kier alpha value is -2.21. The fourth-order valence-electron chi connectivity index (χ4n) is 1.92. The standard InChI is InChI=1S/C14H17N3O3/c1-4-20-14(18)12-9-16-17(13(12)10(2)19-3)11-5-7-15-8-6-11/h5-10H,4H2,1-3H3/t10-/m0/s1. The first-order valence-corrected chi connectivity index (χ1v) is 6.37. The maximum absolute atomic E-state index is 12.0. The molecule has 1 atom stereocenters. The van der Waals surface area contributed by atoms with E-state index in [1.807, 2.05) is 19.1 Å². The van der Waals surface area contributed by atoms with Crippen LogP contribution in [0.15, 0.2) is 30.7 Å². The molecular weight excluding hydrogens is 258 g/mol. The van der Waals surface area contributed by atoms with E-state index in [1.165, 1.54) is 6.20 Å². The van der Waals surface area contributed by atoms with E-state index in [2.05, 4.69) is 10.1 Å². The number of rotatable bonds is 5. The lowest BCUT2D eigenvalue weighted by atomic mass is 10.1. The quantitative estimate of drug-likeness (QED) is 0.782. The third-order valence-corrected chi connectivity index (χ3v) is 2.95. The highest BCUT2D eigenvalue weighted by atomic mass is 16.5. The van der Waals surface area contributed by atoms with Gasteiger partial charge >= 0.3 is 5.97 Å². The zero-order valence-electron chi connectivity index (χ0n) is 11.7. The first kappa shape index (κ1) is 14.2. The molecule has 0 saturated heterocycles. The van der Waals surface area contributed by atoms with Crippen molar-refractivity contribution >= 4 is 5.97 Å². The predicted molar refractivity (Wildman–Crippen MR) is 72.7 cm³/mol. The molecular formula is C14H17N3O3. The molecule has 106 valence electrons. The summed E-state index contributed by atoms with van der Waals surface area (Å²) in [6.07, 6.45) is 4.55. The first-order valence-electron chi connectivity index (χ1n) is 6.37. The molecule has 6 heteroatoms. The van der Waals surface area contributed by atoms with Crippen LogP contribution in [0.25, 0.3) is 5.69 Å². The minimum Gasteiger partial charge on any atom is -0.462 e. The molecule has 0 aromatic carbocycles. The van der Waals surface area contributed by atoms with E-state index >= 15 is 0 Å². The highest BCUT2D eigenvalue weighted by Gasteiger charge is 2.23. The van der Waals surface area contributed by atoms with Crippen molar-refractivity contribution in [2.45, 2.75) is 20.0 Å². The number of aromatic nitrogens is 3. The van der Waals surface area contributed by atoms with E-state index in [-0.39, 0.29) is 6.10 Å². The van der Waals surface area contributed by atoms with E-state index in [9.17, 15) is 4.79 Å². The van der Waals surface area contributed by atoms with E-state index in [0.717, 1.165) is 5.69 Å². The highest BCUT2D eigenvalue weighted by molar-refractivity contribution is 5.90. The average molecular weight is 275 g/mol. The van der Waals surface area contributed by atoms with Crippen LogP contribution in [0.3, 0.4) is 0 Å². The van der Waals surface area contributed by atoms with Crippen LogP contribution in [-0.2, 0) is 9.47 Å². The van der Waals surface area contributed by atoms with Crippen molar-refractivity contribution in [1.29, 1.82) is 0 Å². The van der Waals surface area contributed by atoms with Gasteiger partial charge in [-0.05, 0) is 26.0 Å². The number of esters is 1. The number of pyridine rings is 1. The van der Waals surface area contributed by atoms with Crippen molar-refractivity contribution in [3.8, 4) is 5.69 Å². The number of hydrogen-bond donors (Lipinski definition) is 0. The van der Waals surface area contributed by atoms with E-state index in [1.54, 1.807) is 31.1 Å². The van der Waals surface area contributed by atoms with Gasteiger partial charge in [-0.2, -0.15) is 5.10 Å². The summed E-state index contributed by atoms with van der Waals surface area (Å²) in [6.45, 7) is 3.95. The minimum atomic E-state index is -0.397. The Labute approximate surface area is 117 Å². The molecule has 2 aromatic heterocycles. The summed E-state index contributed by atoms with van der Waals surface area (Å²) in [5.74, 6) is -0.397. The summed E-state index contributed by atoms with van der Waals surface area (Å²) in [5, 5.41) is 4.27. The number of ether oxygens (including phenoxy) is 2. The summed E-state index contributed by atoms with van der Waals surface area (Å²) >= 11 is 0. The number of hydrogen-bond acceptors (Lipinski definition) is 5. The minimum absolute atomic E-state index is 0.287. The second-order valence-corrected chi connectivity index (χ2v) is 4.16. The van der Waals surface area contributed by atoms with Crippen LogP contribution in [0.2, 0.25) is 0 Å². The van der Waals surface area contributed by atoms with Gasteiger partial charge < -0.3 is 9.47 Å². The zero-order valence-corrected chi connectivity index (χ0v) is 11.7. The molecule has 0 amide bonds. The van der Waals surface area contributed by atoms with Crippen molar-refractivity contribution in [3.05, 3.63) is 42.0 Å². The topological polar surface area (TPSA) is 66.2 Å². The molecule has 0 unspecified atom stereocenters. The van der Waals surface area contributed by atoms with E-state index < -0.39 is 5.97 Å². The normalized spacial score (nSPS) is 12.2. The van der Waals surface area contributed by atoms with Crippen LogP contribution < -0.4 is 0 Å². The Morgan fingerprint density at radius 1 is 1.40 bits per heavy atom. The lowest BCUT2D eigenvalue weighted by Crippen LogP contribution is -2.13. The van der Waals surface area contributed by atoms with Crippen LogP contribution in [0.4, 0.5) is 0 Å². The van der Waals surface area contributed by atoms with Crippen molar-refractivity contribution in [2.75, 3.05) is 13.7 Å². The molecule has 0 aliphatic carbocycles. The highest BCUT2D eigenvalue weighted by Crippen LogP contribution is 2.24. The molecule has 0 saturated carbocycles. The second-order valence-electron chi connectivity index (χ2n) is 4.16. The van der Waals surface area contributed by atoms with Gasteiger partial charge in [0.1, 0.15) is 5.56 Å². The molecule has 6 nitrogen and oxygen atoms in total. The van der Waals surface area contributed by atoms with E-state index in [0.29, 0.717) is 17.9 Å². The fourth-order valence-corrected chi connectivity index (χ4v) is 1.92. The van der Waals surface area contributed by atoms with Gasteiger partial charge in [0.05, 0.1) is 30.3 Å². The first-order chi connectivity index (χ1) is 9.69. The lowest BCUT2D eigenvalue weighted by molar-refractivity contribution is 0.0514. The summed E-state index contributed by atoms with van der Waals surface area (Å²) in [5.41, 5.74) is 1.89. The van der Waals surface area contributed by atoms with Gasteiger partial charge in [0.15, 0.2) is 0 Å². The van der Waals surface area contributed by atoms with Crippen molar-refractivity contribution in [3.63, 3.8) is 0 Å². The third kappa shape index (κ3) is 2.70. The Morgan fingerprint density at radius 3 is 2.70 bits per heavy atom. The van der Waals surface area contributed by atoms with Gasteiger partial charge in [-0.3, -0.25) is 4.98 Å². The smallest absolute Gasteiger partial charge is 0.341 e. The van der Waals surface area contributed by atoms with E-state index in [4.69, 9.17) is 9.47 Å². The van der Waals surface area contributed by atoms with Crippen LogP contribution in [0.1, 0.15) is 36.0 Å². The maximum Gasteiger partial charge on any atom is 0.341 e. The predicted octanol–water partition coefficient (Wildman–Crippen LogP) is 2.15. The van der Waals surface area contributed by atoms with Crippen molar-refractivity contribution < 1.29 is 14.3 Å². The summed E-state index contributed by atoms with van der Waals surface area (Å²) in [7, 11) is 1.59. The van der Waals surface area contributed by atoms with Crippen molar-refractivity contribution in [1.82, 2.24) is 14.8 Å². The van der Waals surface area contributed by atoms with Gasteiger partial charge in [0.2, 0.25) is 0 Å². The average Bonchev–Trinajstić information content (AvgIpc) is 2.92. The molecule has 0 spiro atoms. The third-order valence-electron chi connectivity index (χ3n) is 2.95.